The number of halogens is 2. The summed E-state index contributed by atoms with van der Waals surface area (Å²) in [5.74, 6) is -0.616. The first-order valence-electron chi connectivity index (χ1n) is 6.56. The molecule has 0 N–H and O–H groups in total. The van der Waals surface area contributed by atoms with Crippen LogP contribution in [-0.4, -0.2) is 5.78 Å². The molecule has 21 heavy (non-hydrogen) atoms. The predicted octanol–water partition coefficient (Wildman–Crippen LogP) is 5.28. The number of carbonyl (C=O) groups is 1. The summed E-state index contributed by atoms with van der Waals surface area (Å²) in [5, 5.41) is 1.93. The first-order valence-corrected chi connectivity index (χ1v) is 7.36. The maximum absolute atomic E-state index is 13.6. The zero-order valence-corrected chi connectivity index (χ0v) is 12.9. The summed E-state index contributed by atoms with van der Waals surface area (Å²) in [6.07, 6.45) is 0. The van der Waals surface area contributed by atoms with Crippen molar-refractivity contribution in [1.29, 1.82) is 0 Å². The van der Waals surface area contributed by atoms with Gasteiger partial charge in [-0.05, 0) is 51.3 Å². The fourth-order valence-electron chi connectivity index (χ4n) is 2.47. The van der Waals surface area contributed by atoms with Gasteiger partial charge in [0.05, 0.1) is 4.47 Å². The van der Waals surface area contributed by atoms with Crippen molar-refractivity contribution in [2.75, 3.05) is 0 Å². The lowest BCUT2D eigenvalue weighted by atomic mass is 9.95. The Kier molecular flexibility index (Phi) is 3.60. The predicted molar refractivity (Wildman–Crippen MR) is 86.2 cm³/mol. The molecule has 3 aromatic carbocycles. The third-order valence-corrected chi connectivity index (χ3v) is 4.39. The molecule has 0 radical (unpaired) electrons. The minimum absolute atomic E-state index is 0.183. The Labute approximate surface area is 130 Å². The van der Waals surface area contributed by atoms with E-state index in [1.807, 2.05) is 37.3 Å². The Bertz CT molecular complexity index is 855. The standard InChI is InChI=1S/C18H12BrFO/c1-11-9-10-14(13-6-3-2-5-12(11)13)18(21)15-7-4-8-16(20)17(15)19/h2-10H,1H3. The van der Waals surface area contributed by atoms with Gasteiger partial charge in [0, 0.05) is 11.1 Å². The molecule has 0 saturated heterocycles. The topological polar surface area (TPSA) is 17.1 Å². The monoisotopic (exact) mass is 342 g/mol. The van der Waals surface area contributed by atoms with Crippen LogP contribution in [0.15, 0.2) is 59.1 Å². The van der Waals surface area contributed by atoms with Crippen molar-refractivity contribution in [2.45, 2.75) is 6.92 Å². The average molecular weight is 343 g/mol. The molecule has 0 aromatic heterocycles. The summed E-state index contributed by atoms with van der Waals surface area (Å²) in [6, 6.07) is 16.0. The van der Waals surface area contributed by atoms with Gasteiger partial charge in [0.15, 0.2) is 5.78 Å². The first-order chi connectivity index (χ1) is 10.1. The summed E-state index contributed by atoms with van der Waals surface area (Å²) in [4.78, 5) is 12.7. The smallest absolute Gasteiger partial charge is 0.194 e. The van der Waals surface area contributed by atoms with Crippen LogP contribution in [-0.2, 0) is 0 Å². The van der Waals surface area contributed by atoms with Gasteiger partial charge in [-0.1, -0.05) is 42.5 Å². The van der Waals surface area contributed by atoms with E-state index in [0.29, 0.717) is 11.1 Å². The third-order valence-electron chi connectivity index (χ3n) is 3.58. The molecule has 1 nitrogen and oxygen atoms in total. The van der Waals surface area contributed by atoms with Crippen LogP contribution in [0.2, 0.25) is 0 Å². The van der Waals surface area contributed by atoms with Crippen molar-refractivity contribution < 1.29 is 9.18 Å². The quantitative estimate of drug-likeness (QED) is 0.579. The molecule has 0 unspecified atom stereocenters. The largest absolute Gasteiger partial charge is 0.289 e. The zero-order chi connectivity index (χ0) is 15.0. The molecule has 0 saturated carbocycles. The Morgan fingerprint density at radius 1 is 0.905 bits per heavy atom. The van der Waals surface area contributed by atoms with Gasteiger partial charge in [-0.25, -0.2) is 4.39 Å². The molecule has 3 heteroatoms. The highest BCUT2D eigenvalue weighted by atomic mass is 79.9. The van der Waals surface area contributed by atoms with Crippen LogP contribution in [0, 0.1) is 12.7 Å². The molecule has 0 aliphatic rings. The van der Waals surface area contributed by atoms with E-state index in [9.17, 15) is 9.18 Å². The van der Waals surface area contributed by atoms with Crippen LogP contribution in [0.1, 0.15) is 21.5 Å². The van der Waals surface area contributed by atoms with Gasteiger partial charge in [-0.2, -0.15) is 0 Å². The molecule has 0 atom stereocenters. The molecule has 3 rings (SSSR count). The molecule has 0 aliphatic carbocycles. The Balaban J connectivity index is 2.23. The van der Waals surface area contributed by atoms with Crippen molar-refractivity contribution in [3.63, 3.8) is 0 Å². The summed E-state index contributed by atoms with van der Waals surface area (Å²) in [6.45, 7) is 2.01. The molecule has 104 valence electrons. The minimum atomic E-state index is -0.433. The second-order valence-electron chi connectivity index (χ2n) is 4.91. The second kappa shape index (κ2) is 5.41. The molecule has 0 spiro atoms. The van der Waals surface area contributed by atoms with E-state index in [4.69, 9.17) is 0 Å². The van der Waals surface area contributed by atoms with Crippen molar-refractivity contribution in [1.82, 2.24) is 0 Å². The molecule has 0 fully saturated rings. The molecule has 3 aromatic rings. The molecule has 0 amide bonds. The van der Waals surface area contributed by atoms with Crippen molar-refractivity contribution >= 4 is 32.5 Å². The second-order valence-corrected chi connectivity index (χ2v) is 5.70. The van der Waals surface area contributed by atoms with Crippen LogP contribution in [0.3, 0.4) is 0 Å². The van der Waals surface area contributed by atoms with Crippen molar-refractivity contribution in [3.05, 3.63) is 81.6 Å². The minimum Gasteiger partial charge on any atom is -0.289 e. The number of aryl methyl sites for hydroxylation is 1. The lowest BCUT2D eigenvalue weighted by molar-refractivity contribution is 0.103. The van der Waals surface area contributed by atoms with Crippen LogP contribution in [0.25, 0.3) is 10.8 Å². The van der Waals surface area contributed by atoms with Crippen molar-refractivity contribution in [2.24, 2.45) is 0 Å². The summed E-state index contributed by atoms with van der Waals surface area (Å²) >= 11 is 3.16. The highest BCUT2D eigenvalue weighted by Gasteiger charge is 2.17. The van der Waals surface area contributed by atoms with Gasteiger partial charge in [0.2, 0.25) is 0 Å². The number of rotatable bonds is 2. The molecular formula is C18H12BrFO. The van der Waals surface area contributed by atoms with Gasteiger partial charge in [-0.3, -0.25) is 4.79 Å². The Morgan fingerprint density at radius 2 is 1.62 bits per heavy atom. The van der Waals surface area contributed by atoms with E-state index < -0.39 is 5.82 Å². The lowest BCUT2D eigenvalue weighted by Gasteiger charge is -2.09. The number of carbonyl (C=O) groups excluding carboxylic acids is 1. The zero-order valence-electron chi connectivity index (χ0n) is 11.4. The molecule has 0 heterocycles. The van der Waals surface area contributed by atoms with Crippen LogP contribution >= 0.6 is 15.9 Å². The highest BCUT2D eigenvalue weighted by molar-refractivity contribution is 9.10. The fourth-order valence-corrected chi connectivity index (χ4v) is 2.92. The van der Waals surface area contributed by atoms with Gasteiger partial charge in [0.1, 0.15) is 5.82 Å². The summed E-state index contributed by atoms with van der Waals surface area (Å²) < 4.78 is 13.8. The summed E-state index contributed by atoms with van der Waals surface area (Å²) in [7, 11) is 0. The molecule has 0 bridgehead atoms. The number of hydrogen-bond acceptors (Lipinski definition) is 1. The number of benzene rings is 3. The van der Waals surface area contributed by atoms with E-state index in [-0.39, 0.29) is 10.3 Å². The average Bonchev–Trinajstić information content (AvgIpc) is 2.50. The van der Waals surface area contributed by atoms with Gasteiger partial charge < -0.3 is 0 Å². The van der Waals surface area contributed by atoms with Crippen LogP contribution < -0.4 is 0 Å². The van der Waals surface area contributed by atoms with Gasteiger partial charge in [-0.15, -0.1) is 0 Å². The van der Waals surface area contributed by atoms with E-state index in [1.54, 1.807) is 18.2 Å². The van der Waals surface area contributed by atoms with Crippen LogP contribution in [0.4, 0.5) is 4.39 Å². The maximum atomic E-state index is 13.6. The maximum Gasteiger partial charge on any atom is 0.194 e. The normalized spacial score (nSPS) is 10.8. The van der Waals surface area contributed by atoms with E-state index in [1.165, 1.54) is 6.07 Å². The Morgan fingerprint density at radius 3 is 2.38 bits per heavy atom. The lowest BCUT2D eigenvalue weighted by Crippen LogP contribution is -2.04. The Hall–Kier alpha value is -2.00. The number of fused-ring (bicyclic) bond motifs is 1. The van der Waals surface area contributed by atoms with Crippen molar-refractivity contribution in [3.8, 4) is 0 Å². The van der Waals surface area contributed by atoms with E-state index >= 15 is 0 Å². The summed E-state index contributed by atoms with van der Waals surface area (Å²) in [5.41, 5.74) is 2.03. The highest BCUT2D eigenvalue weighted by Crippen LogP contribution is 2.28. The third kappa shape index (κ3) is 2.38. The first kappa shape index (κ1) is 14.0. The number of ketones is 1. The van der Waals surface area contributed by atoms with Gasteiger partial charge in [0.25, 0.3) is 0 Å². The van der Waals surface area contributed by atoms with E-state index in [0.717, 1.165) is 16.3 Å². The molecular weight excluding hydrogens is 331 g/mol. The molecule has 0 aliphatic heterocycles. The van der Waals surface area contributed by atoms with Gasteiger partial charge >= 0.3 is 0 Å². The SMILES string of the molecule is Cc1ccc(C(=O)c2cccc(F)c2Br)c2ccccc12. The van der Waals surface area contributed by atoms with E-state index in [2.05, 4.69) is 15.9 Å². The fraction of sp³-hybridized carbons (Fsp3) is 0.0556. The van der Waals surface area contributed by atoms with Crippen LogP contribution in [0.5, 0.6) is 0 Å². The number of hydrogen-bond donors (Lipinski definition) is 0.